The molecule has 0 unspecified atom stereocenters. The Hall–Kier alpha value is -2.34. The summed E-state index contributed by atoms with van der Waals surface area (Å²) in [5.41, 5.74) is 3.45. The fourth-order valence-electron chi connectivity index (χ4n) is 3.05. The lowest BCUT2D eigenvalue weighted by Gasteiger charge is -2.30. The summed E-state index contributed by atoms with van der Waals surface area (Å²) >= 11 is 0. The van der Waals surface area contributed by atoms with Crippen LogP contribution in [0.15, 0.2) is 48.5 Å². The van der Waals surface area contributed by atoms with Gasteiger partial charge in [0.2, 0.25) is 15.9 Å². The summed E-state index contributed by atoms with van der Waals surface area (Å²) in [5.74, 6) is -0.484. The lowest BCUT2D eigenvalue weighted by atomic mass is 10.0. The molecule has 2 aromatic carbocycles. The van der Waals surface area contributed by atoms with Crippen LogP contribution in [0.1, 0.15) is 24.0 Å². The Morgan fingerprint density at radius 2 is 1.84 bits per heavy atom. The van der Waals surface area contributed by atoms with E-state index in [1.807, 2.05) is 55.5 Å². The highest BCUT2D eigenvalue weighted by molar-refractivity contribution is 7.92. The minimum absolute atomic E-state index is 0.0602. The first-order valence-corrected chi connectivity index (χ1v) is 10.0. The van der Waals surface area contributed by atoms with Crippen LogP contribution in [0, 0.1) is 6.92 Å². The number of carbonyl (C=O) groups excluding carboxylic acids is 1. The second-order valence-corrected chi connectivity index (χ2v) is 8.25. The number of nitrogens with one attached hydrogen (secondary N) is 1. The van der Waals surface area contributed by atoms with Crippen molar-refractivity contribution in [3.05, 3.63) is 59.7 Å². The predicted molar refractivity (Wildman–Crippen MR) is 100 cm³/mol. The van der Waals surface area contributed by atoms with Crippen molar-refractivity contribution in [1.29, 1.82) is 0 Å². The number of aryl methyl sites for hydroxylation is 2. The summed E-state index contributed by atoms with van der Waals surface area (Å²) in [6.07, 6.45) is 1.62. The van der Waals surface area contributed by atoms with Crippen LogP contribution in [-0.2, 0) is 21.2 Å². The number of sulfonamides is 1. The maximum Gasteiger partial charge on any atom is 0.235 e. The molecule has 0 bridgehead atoms. The molecule has 6 heteroatoms. The van der Waals surface area contributed by atoms with Gasteiger partial charge in [-0.05, 0) is 43.0 Å². The first-order chi connectivity index (χ1) is 12.0. The van der Waals surface area contributed by atoms with Gasteiger partial charge in [-0.3, -0.25) is 9.10 Å². The van der Waals surface area contributed by atoms with E-state index < -0.39 is 10.0 Å². The molecule has 132 valence electrons. The van der Waals surface area contributed by atoms with Crippen LogP contribution in [0.4, 0.5) is 11.4 Å². The molecule has 0 saturated heterocycles. The van der Waals surface area contributed by atoms with Crippen molar-refractivity contribution >= 4 is 27.3 Å². The van der Waals surface area contributed by atoms with Gasteiger partial charge in [-0.25, -0.2) is 8.42 Å². The van der Waals surface area contributed by atoms with Crippen molar-refractivity contribution < 1.29 is 13.2 Å². The minimum atomic E-state index is -3.52. The molecule has 1 amide bonds. The Bertz CT molecular complexity index is 878. The van der Waals surface area contributed by atoms with Crippen LogP contribution in [0.2, 0.25) is 0 Å². The van der Waals surface area contributed by atoms with Crippen molar-refractivity contribution in [2.24, 2.45) is 0 Å². The van der Waals surface area contributed by atoms with Gasteiger partial charge in [0, 0.05) is 18.7 Å². The van der Waals surface area contributed by atoms with Crippen LogP contribution >= 0.6 is 0 Å². The number of para-hydroxylation sites is 2. The van der Waals surface area contributed by atoms with Crippen molar-refractivity contribution in [2.75, 3.05) is 21.9 Å². The van der Waals surface area contributed by atoms with Crippen LogP contribution < -0.4 is 9.62 Å². The molecule has 5 nitrogen and oxygen atoms in total. The van der Waals surface area contributed by atoms with Gasteiger partial charge < -0.3 is 5.32 Å². The fraction of sp³-hybridized carbons (Fsp3) is 0.316. The van der Waals surface area contributed by atoms with Crippen LogP contribution in [0.3, 0.4) is 0 Å². The maximum absolute atomic E-state index is 12.7. The normalized spacial score (nSPS) is 14.0. The van der Waals surface area contributed by atoms with Crippen LogP contribution in [0.25, 0.3) is 0 Å². The van der Waals surface area contributed by atoms with Crippen molar-refractivity contribution in [1.82, 2.24) is 0 Å². The number of benzene rings is 2. The Balaban J connectivity index is 1.67. The quantitative estimate of drug-likeness (QED) is 0.893. The summed E-state index contributed by atoms with van der Waals surface area (Å²) in [5, 5.41) is 2.78. The van der Waals surface area contributed by atoms with E-state index in [1.54, 1.807) is 0 Å². The molecule has 0 saturated carbocycles. The second-order valence-electron chi connectivity index (χ2n) is 6.23. The average Bonchev–Trinajstić information content (AvgIpc) is 2.61. The average molecular weight is 358 g/mol. The Morgan fingerprint density at radius 3 is 2.64 bits per heavy atom. The van der Waals surface area contributed by atoms with Crippen molar-refractivity contribution in [3.63, 3.8) is 0 Å². The van der Waals surface area contributed by atoms with Gasteiger partial charge in [-0.15, -0.1) is 0 Å². The first kappa shape index (κ1) is 17.5. The molecule has 0 fully saturated rings. The Kier molecular flexibility index (Phi) is 5.08. The molecule has 1 aliphatic rings. The largest absolute Gasteiger partial charge is 0.326 e. The molecule has 0 aliphatic carbocycles. The number of anilines is 2. The number of hydrogen-bond donors (Lipinski definition) is 1. The Morgan fingerprint density at radius 1 is 1.12 bits per heavy atom. The zero-order valence-electron chi connectivity index (χ0n) is 14.2. The Labute approximate surface area is 148 Å². The van der Waals surface area contributed by atoms with E-state index in [1.165, 1.54) is 4.31 Å². The summed E-state index contributed by atoms with van der Waals surface area (Å²) in [4.78, 5) is 12.1. The van der Waals surface area contributed by atoms with Gasteiger partial charge in [0.25, 0.3) is 0 Å². The van der Waals surface area contributed by atoms with Gasteiger partial charge in [0.1, 0.15) is 0 Å². The van der Waals surface area contributed by atoms with E-state index in [9.17, 15) is 13.2 Å². The highest BCUT2D eigenvalue weighted by atomic mass is 32.2. The van der Waals surface area contributed by atoms with Crippen molar-refractivity contribution in [3.8, 4) is 0 Å². The number of carbonyl (C=O) groups is 1. The number of amides is 1. The SMILES string of the molecule is Cc1ccccc1NC(=O)CCS(=O)(=O)N1CCCc2ccccc21. The van der Waals surface area contributed by atoms with Gasteiger partial charge in [-0.1, -0.05) is 36.4 Å². The molecule has 0 atom stereocenters. The molecule has 0 aromatic heterocycles. The highest BCUT2D eigenvalue weighted by Gasteiger charge is 2.27. The lowest BCUT2D eigenvalue weighted by molar-refractivity contribution is -0.115. The summed E-state index contributed by atoms with van der Waals surface area (Å²) in [6, 6.07) is 15.0. The second kappa shape index (κ2) is 7.27. The lowest BCUT2D eigenvalue weighted by Crippen LogP contribution is -2.37. The molecule has 2 aromatic rings. The molecule has 1 heterocycles. The summed E-state index contributed by atoms with van der Waals surface area (Å²) in [7, 11) is -3.52. The summed E-state index contributed by atoms with van der Waals surface area (Å²) in [6.45, 7) is 2.37. The number of nitrogens with zero attached hydrogens (tertiary/aromatic N) is 1. The van der Waals surface area contributed by atoms with Gasteiger partial charge in [-0.2, -0.15) is 0 Å². The highest BCUT2D eigenvalue weighted by Crippen LogP contribution is 2.29. The van der Waals surface area contributed by atoms with Gasteiger partial charge >= 0.3 is 0 Å². The molecular weight excluding hydrogens is 336 g/mol. The van der Waals surface area contributed by atoms with Crippen molar-refractivity contribution in [2.45, 2.75) is 26.2 Å². The van der Waals surface area contributed by atoms with E-state index in [-0.39, 0.29) is 18.1 Å². The monoisotopic (exact) mass is 358 g/mol. The molecule has 0 spiro atoms. The number of hydrogen-bond acceptors (Lipinski definition) is 3. The molecule has 1 N–H and O–H groups in total. The standard InChI is InChI=1S/C19H22N2O3S/c1-15-7-2-4-10-17(15)20-19(22)12-14-25(23,24)21-13-6-9-16-8-3-5-11-18(16)21/h2-5,7-8,10-11H,6,9,12-14H2,1H3,(H,20,22). The predicted octanol–water partition coefficient (Wildman–Crippen LogP) is 3.11. The van der Waals surface area contributed by atoms with Gasteiger partial charge in [0.05, 0.1) is 11.4 Å². The molecule has 25 heavy (non-hydrogen) atoms. The van der Waals surface area contributed by atoms with Crippen LogP contribution in [-0.4, -0.2) is 26.6 Å². The smallest absolute Gasteiger partial charge is 0.235 e. The molecule has 1 aliphatic heterocycles. The topological polar surface area (TPSA) is 66.5 Å². The molecule has 0 radical (unpaired) electrons. The van der Waals surface area contributed by atoms with E-state index in [0.29, 0.717) is 12.2 Å². The third kappa shape index (κ3) is 4.02. The molecule has 3 rings (SSSR count). The van der Waals surface area contributed by atoms with E-state index in [0.717, 1.165) is 29.7 Å². The minimum Gasteiger partial charge on any atom is -0.326 e. The third-order valence-corrected chi connectivity index (χ3v) is 6.18. The first-order valence-electron chi connectivity index (χ1n) is 8.41. The number of fused-ring (bicyclic) bond motifs is 1. The summed E-state index contributed by atoms with van der Waals surface area (Å²) < 4.78 is 26.9. The zero-order chi connectivity index (χ0) is 17.9. The maximum atomic E-state index is 12.7. The number of rotatable bonds is 5. The van der Waals surface area contributed by atoms with Crippen LogP contribution in [0.5, 0.6) is 0 Å². The van der Waals surface area contributed by atoms with E-state index in [4.69, 9.17) is 0 Å². The van der Waals surface area contributed by atoms with E-state index in [2.05, 4.69) is 5.32 Å². The molecular formula is C19H22N2O3S. The zero-order valence-corrected chi connectivity index (χ0v) is 15.1. The van der Waals surface area contributed by atoms with E-state index >= 15 is 0 Å². The third-order valence-electron chi connectivity index (χ3n) is 4.41. The van der Waals surface area contributed by atoms with Gasteiger partial charge in [0.15, 0.2) is 0 Å². The fourth-order valence-corrected chi connectivity index (χ4v) is 4.59.